The van der Waals surface area contributed by atoms with E-state index in [0.29, 0.717) is 21.9 Å². The summed E-state index contributed by atoms with van der Waals surface area (Å²) in [4.78, 5) is 25.0. The summed E-state index contributed by atoms with van der Waals surface area (Å²) in [7, 11) is 1.49. The van der Waals surface area contributed by atoms with Crippen molar-refractivity contribution in [3.63, 3.8) is 0 Å². The minimum Gasteiger partial charge on any atom is -0.493 e. The van der Waals surface area contributed by atoms with Gasteiger partial charge < -0.3 is 9.47 Å². The molecule has 0 N–H and O–H groups in total. The van der Waals surface area contributed by atoms with Gasteiger partial charge in [0.25, 0.3) is 0 Å². The quantitative estimate of drug-likeness (QED) is 0.125. The molecule has 0 fully saturated rings. The van der Waals surface area contributed by atoms with Crippen LogP contribution in [0.1, 0.15) is 26.3 Å². The SMILES string of the molecule is COc1cc(/C=C/C(=O)c2ccc(-c3ccccc3)cc2)ccc1OC(=O)c1ccc(Cl)cc1. The molecule has 4 aromatic carbocycles. The molecule has 168 valence electrons. The highest BCUT2D eigenvalue weighted by molar-refractivity contribution is 6.30. The van der Waals surface area contributed by atoms with Crippen molar-refractivity contribution in [2.75, 3.05) is 7.11 Å². The zero-order chi connectivity index (χ0) is 23.9. The van der Waals surface area contributed by atoms with Gasteiger partial charge in [-0.05, 0) is 59.2 Å². The van der Waals surface area contributed by atoms with Crippen LogP contribution < -0.4 is 9.47 Å². The number of hydrogen-bond donors (Lipinski definition) is 0. The molecule has 0 aliphatic carbocycles. The lowest BCUT2D eigenvalue weighted by Gasteiger charge is -2.10. The molecule has 4 nitrogen and oxygen atoms in total. The Morgan fingerprint density at radius 3 is 2.06 bits per heavy atom. The number of hydrogen-bond acceptors (Lipinski definition) is 4. The minimum absolute atomic E-state index is 0.114. The molecular weight excluding hydrogens is 448 g/mol. The first kappa shape index (κ1) is 23.0. The molecule has 5 heteroatoms. The van der Waals surface area contributed by atoms with Crippen LogP contribution in [-0.2, 0) is 0 Å². The Kier molecular flexibility index (Phi) is 7.21. The molecule has 0 aromatic heterocycles. The number of ketones is 1. The van der Waals surface area contributed by atoms with E-state index in [1.165, 1.54) is 13.2 Å². The Balaban J connectivity index is 1.45. The fourth-order valence-corrected chi connectivity index (χ4v) is 3.47. The standard InChI is InChI=1S/C29H21ClO4/c1-33-28-19-20(8-18-27(28)34-29(32)24-13-15-25(30)16-14-24)7-17-26(31)23-11-9-22(10-12-23)21-5-3-2-4-6-21/h2-19H,1H3/b17-7+. The van der Waals surface area contributed by atoms with E-state index in [0.717, 1.165) is 16.7 Å². The van der Waals surface area contributed by atoms with Gasteiger partial charge in [-0.2, -0.15) is 0 Å². The average molecular weight is 469 g/mol. The molecule has 0 aliphatic heterocycles. The second kappa shape index (κ2) is 10.6. The van der Waals surface area contributed by atoms with Gasteiger partial charge in [0.15, 0.2) is 17.3 Å². The number of methoxy groups -OCH3 is 1. The number of carbonyl (C=O) groups excluding carboxylic acids is 2. The molecule has 0 unspecified atom stereocenters. The Bertz CT molecular complexity index is 1330. The molecule has 34 heavy (non-hydrogen) atoms. The lowest BCUT2D eigenvalue weighted by atomic mass is 10.0. The van der Waals surface area contributed by atoms with Crippen molar-refractivity contribution in [3.05, 3.63) is 125 Å². The molecule has 0 aliphatic rings. The van der Waals surface area contributed by atoms with Gasteiger partial charge in [0.05, 0.1) is 12.7 Å². The predicted molar refractivity (Wildman–Crippen MR) is 135 cm³/mol. The summed E-state index contributed by atoms with van der Waals surface area (Å²) in [6.07, 6.45) is 3.20. The lowest BCUT2D eigenvalue weighted by Crippen LogP contribution is -2.09. The van der Waals surface area contributed by atoms with Crippen LogP contribution in [0.25, 0.3) is 17.2 Å². The van der Waals surface area contributed by atoms with E-state index >= 15 is 0 Å². The highest BCUT2D eigenvalue weighted by Gasteiger charge is 2.13. The fraction of sp³-hybridized carbons (Fsp3) is 0.0345. The number of allylic oxidation sites excluding steroid dienone is 1. The molecule has 0 amide bonds. The van der Waals surface area contributed by atoms with Crippen LogP contribution in [0.15, 0.2) is 103 Å². The van der Waals surface area contributed by atoms with Crippen molar-refractivity contribution in [3.8, 4) is 22.6 Å². The summed E-state index contributed by atoms with van der Waals surface area (Å²) in [6.45, 7) is 0. The summed E-state index contributed by atoms with van der Waals surface area (Å²) < 4.78 is 10.8. The van der Waals surface area contributed by atoms with Crippen LogP contribution in [0.3, 0.4) is 0 Å². The third kappa shape index (κ3) is 5.61. The number of rotatable bonds is 7. The second-order valence-corrected chi connectivity index (χ2v) is 7.88. The van der Waals surface area contributed by atoms with Gasteiger partial charge in [-0.3, -0.25) is 4.79 Å². The molecule has 0 radical (unpaired) electrons. The van der Waals surface area contributed by atoms with E-state index in [1.807, 2.05) is 54.6 Å². The zero-order valence-corrected chi connectivity index (χ0v) is 19.2. The molecule has 4 aromatic rings. The maximum atomic E-state index is 12.6. The highest BCUT2D eigenvalue weighted by Crippen LogP contribution is 2.29. The number of halogens is 1. The topological polar surface area (TPSA) is 52.6 Å². The van der Waals surface area contributed by atoms with Gasteiger partial charge in [-0.1, -0.05) is 78.3 Å². The van der Waals surface area contributed by atoms with Crippen LogP contribution >= 0.6 is 11.6 Å². The van der Waals surface area contributed by atoms with Crippen LogP contribution in [-0.4, -0.2) is 18.9 Å². The van der Waals surface area contributed by atoms with Gasteiger partial charge in [0.2, 0.25) is 0 Å². The lowest BCUT2D eigenvalue weighted by molar-refractivity contribution is 0.0729. The van der Waals surface area contributed by atoms with E-state index in [1.54, 1.807) is 48.5 Å². The number of esters is 1. The molecular formula is C29H21ClO4. The summed E-state index contributed by atoms with van der Waals surface area (Å²) in [5.74, 6) is 0.0239. The average Bonchev–Trinajstić information content (AvgIpc) is 2.88. The summed E-state index contributed by atoms with van der Waals surface area (Å²) in [5.41, 5.74) is 3.85. The van der Waals surface area contributed by atoms with Gasteiger partial charge in [-0.15, -0.1) is 0 Å². The van der Waals surface area contributed by atoms with Crippen LogP contribution in [0, 0.1) is 0 Å². The third-order valence-corrected chi connectivity index (χ3v) is 5.43. The second-order valence-electron chi connectivity index (χ2n) is 7.45. The van der Waals surface area contributed by atoms with Crippen molar-refractivity contribution in [1.29, 1.82) is 0 Å². The maximum Gasteiger partial charge on any atom is 0.343 e. The number of ether oxygens (including phenoxy) is 2. The van der Waals surface area contributed by atoms with E-state index < -0.39 is 5.97 Å². The predicted octanol–water partition coefficient (Wildman–Crippen LogP) is 7.13. The molecule has 0 spiro atoms. The van der Waals surface area contributed by atoms with Crippen LogP contribution in [0.2, 0.25) is 5.02 Å². The minimum atomic E-state index is -0.521. The smallest absolute Gasteiger partial charge is 0.343 e. The zero-order valence-electron chi connectivity index (χ0n) is 18.4. The monoisotopic (exact) mass is 468 g/mol. The Hall–Kier alpha value is -4.15. The third-order valence-electron chi connectivity index (χ3n) is 5.17. The van der Waals surface area contributed by atoms with Crippen molar-refractivity contribution in [2.24, 2.45) is 0 Å². The molecule has 4 rings (SSSR count). The Morgan fingerprint density at radius 2 is 1.38 bits per heavy atom. The van der Waals surface area contributed by atoms with Crippen molar-refractivity contribution < 1.29 is 19.1 Å². The van der Waals surface area contributed by atoms with E-state index in [-0.39, 0.29) is 11.5 Å². The summed E-state index contributed by atoms with van der Waals surface area (Å²) >= 11 is 5.86. The fourth-order valence-electron chi connectivity index (χ4n) is 3.34. The van der Waals surface area contributed by atoms with E-state index in [9.17, 15) is 9.59 Å². The highest BCUT2D eigenvalue weighted by atomic mass is 35.5. The van der Waals surface area contributed by atoms with Crippen molar-refractivity contribution >= 4 is 29.4 Å². The number of carbonyl (C=O) groups is 2. The first-order valence-corrected chi connectivity index (χ1v) is 10.9. The van der Waals surface area contributed by atoms with Gasteiger partial charge in [0.1, 0.15) is 0 Å². The normalized spacial score (nSPS) is 10.8. The van der Waals surface area contributed by atoms with Gasteiger partial charge >= 0.3 is 5.97 Å². The van der Waals surface area contributed by atoms with Gasteiger partial charge in [0, 0.05) is 10.6 Å². The largest absolute Gasteiger partial charge is 0.493 e. The van der Waals surface area contributed by atoms with E-state index in [4.69, 9.17) is 21.1 Å². The molecule has 0 heterocycles. The van der Waals surface area contributed by atoms with Crippen molar-refractivity contribution in [2.45, 2.75) is 0 Å². The van der Waals surface area contributed by atoms with Crippen molar-refractivity contribution in [1.82, 2.24) is 0 Å². The molecule has 0 atom stereocenters. The van der Waals surface area contributed by atoms with Crippen LogP contribution in [0.5, 0.6) is 11.5 Å². The van der Waals surface area contributed by atoms with E-state index in [2.05, 4.69) is 0 Å². The summed E-state index contributed by atoms with van der Waals surface area (Å²) in [5, 5.41) is 0.534. The number of benzene rings is 4. The maximum absolute atomic E-state index is 12.6. The first-order chi connectivity index (χ1) is 16.5. The Morgan fingerprint density at radius 1 is 0.735 bits per heavy atom. The molecule has 0 bridgehead atoms. The summed E-state index contributed by atoms with van der Waals surface area (Å²) in [6, 6.07) is 29.0. The Labute approximate surface area is 203 Å². The van der Waals surface area contributed by atoms with Crippen LogP contribution in [0.4, 0.5) is 0 Å². The van der Waals surface area contributed by atoms with Gasteiger partial charge in [-0.25, -0.2) is 4.79 Å². The first-order valence-electron chi connectivity index (χ1n) is 10.6. The molecule has 0 saturated carbocycles. The molecule has 0 saturated heterocycles.